The zero-order valence-electron chi connectivity index (χ0n) is 32.0. The average Bonchev–Trinajstić information content (AvgIpc) is 3.08. The van der Waals surface area contributed by atoms with Crippen LogP contribution < -0.4 is 9.47 Å². The van der Waals surface area contributed by atoms with E-state index in [0.717, 1.165) is 74.0 Å². The number of hydrogen-bond acceptors (Lipinski definition) is 2. The molecule has 0 radical (unpaired) electrons. The number of allylic oxidation sites excluding steroid dienone is 1. The van der Waals surface area contributed by atoms with Crippen molar-refractivity contribution in [3.8, 4) is 11.5 Å². The Bertz CT molecular complexity index is 1530. The highest BCUT2D eigenvalue weighted by molar-refractivity contribution is 5.34. The zero-order chi connectivity index (χ0) is 36.6. The van der Waals surface area contributed by atoms with Crippen LogP contribution in [0.3, 0.4) is 0 Å². The summed E-state index contributed by atoms with van der Waals surface area (Å²) in [5, 5.41) is 0. The Balaban J connectivity index is 0.000000200. The Morgan fingerprint density at radius 2 is 0.981 bits per heavy atom. The van der Waals surface area contributed by atoms with Crippen molar-refractivity contribution in [3.63, 3.8) is 0 Å². The molecule has 2 nitrogen and oxygen atoms in total. The highest BCUT2D eigenvalue weighted by Crippen LogP contribution is 2.65. The van der Waals surface area contributed by atoms with E-state index in [9.17, 15) is 17.6 Å². The second-order valence-corrected chi connectivity index (χ2v) is 18.1. The van der Waals surface area contributed by atoms with Crippen LogP contribution in [0.15, 0.2) is 36.9 Å². The first kappa shape index (κ1) is 40.2. The molecule has 6 aliphatic carbocycles. The van der Waals surface area contributed by atoms with Crippen LogP contribution >= 0.6 is 0 Å². The summed E-state index contributed by atoms with van der Waals surface area (Å²) in [6, 6.07) is 6.66. The van der Waals surface area contributed by atoms with E-state index in [0.29, 0.717) is 35.2 Å². The smallest absolute Gasteiger partial charge is 0.200 e. The maximum Gasteiger partial charge on any atom is 0.200 e. The number of halogens is 4. The van der Waals surface area contributed by atoms with Crippen molar-refractivity contribution in [1.82, 2.24) is 0 Å². The molecule has 0 atom stereocenters. The van der Waals surface area contributed by atoms with Gasteiger partial charge < -0.3 is 9.47 Å². The summed E-state index contributed by atoms with van der Waals surface area (Å²) < 4.78 is 67.6. The molecule has 6 fully saturated rings. The van der Waals surface area contributed by atoms with Crippen molar-refractivity contribution < 1.29 is 28.5 Å². The first-order chi connectivity index (χ1) is 25.1. The molecule has 2 aromatic rings. The lowest BCUT2D eigenvalue weighted by Gasteiger charge is -2.60. The molecular formula is C47H68F4O2. The van der Waals surface area contributed by atoms with Gasteiger partial charge in [0.2, 0.25) is 11.6 Å². The van der Waals surface area contributed by atoms with Crippen LogP contribution in [0.25, 0.3) is 0 Å². The standard InChI is InChI=1S/C23H32F2O.C23H30F2O.CH4.H2/c2*1-3-15-11-23(12-15)13-18(14-23)16-5-7-17(8-6-16)19-9-10-20(26-4-2)22(25)21(19)24;;/h9-10,15-18H,3-8,11-14H2,1-2H3;3,9-10,15-18H,1,4-8,11-14H2,2H3;1H4;1H. The molecule has 0 bridgehead atoms. The van der Waals surface area contributed by atoms with Crippen LogP contribution in [0, 0.1) is 69.6 Å². The van der Waals surface area contributed by atoms with E-state index < -0.39 is 23.3 Å². The second-order valence-electron chi connectivity index (χ2n) is 18.1. The monoisotopic (exact) mass is 741 g/mol. The van der Waals surface area contributed by atoms with Gasteiger partial charge >= 0.3 is 0 Å². The summed E-state index contributed by atoms with van der Waals surface area (Å²) in [6.07, 6.45) is 23.4. The number of rotatable bonds is 10. The van der Waals surface area contributed by atoms with E-state index in [-0.39, 0.29) is 32.2 Å². The molecule has 296 valence electrons. The Labute approximate surface area is 319 Å². The van der Waals surface area contributed by atoms with Crippen molar-refractivity contribution in [2.75, 3.05) is 13.2 Å². The molecule has 0 unspecified atom stereocenters. The fourth-order valence-corrected chi connectivity index (χ4v) is 12.2. The third-order valence-electron chi connectivity index (χ3n) is 15.0. The predicted molar refractivity (Wildman–Crippen MR) is 210 cm³/mol. The third kappa shape index (κ3) is 8.09. The fraction of sp³-hybridized carbons (Fsp3) is 0.702. The Kier molecular flexibility index (Phi) is 12.7. The van der Waals surface area contributed by atoms with Gasteiger partial charge in [-0.3, -0.25) is 0 Å². The topological polar surface area (TPSA) is 18.5 Å². The zero-order valence-corrected chi connectivity index (χ0v) is 32.0. The van der Waals surface area contributed by atoms with Crippen molar-refractivity contribution in [1.29, 1.82) is 0 Å². The molecule has 0 N–H and O–H groups in total. The van der Waals surface area contributed by atoms with Crippen LogP contribution in [0.1, 0.15) is 162 Å². The van der Waals surface area contributed by atoms with E-state index in [2.05, 4.69) is 19.6 Å². The maximum atomic E-state index is 14.5. The molecule has 8 rings (SSSR count). The van der Waals surface area contributed by atoms with Gasteiger partial charge in [-0.2, -0.15) is 8.78 Å². The highest BCUT2D eigenvalue weighted by atomic mass is 19.2. The largest absolute Gasteiger partial charge is 0.491 e. The predicted octanol–water partition coefficient (Wildman–Crippen LogP) is 14.4. The van der Waals surface area contributed by atoms with Gasteiger partial charge in [0, 0.05) is 1.43 Å². The fourth-order valence-electron chi connectivity index (χ4n) is 12.2. The molecule has 53 heavy (non-hydrogen) atoms. The first-order valence-corrected chi connectivity index (χ1v) is 20.9. The quantitative estimate of drug-likeness (QED) is 0.178. The maximum absolute atomic E-state index is 14.5. The van der Waals surface area contributed by atoms with E-state index in [1.165, 1.54) is 70.6 Å². The lowest BCUT2D eigenvalue weighted by Crippen LogP contribution is -2.49. The van der Waals surface area contributed by atoms with E-state index in [4.69, 9.17) is 9.47 Å². The Morgan fingerprint density at radius 3 is 1.34 bits per heavy atom. The highest BCUT2D eigenvalue weighted by Gasteiger charge is 2.54. The minimum Gasteiger partial charge on any atom is -0.491 e. The number of ether oxygens (including phenoxy) is 2. The minimum atomic E-state index is -0.825. The lowest BCUT2D eigenvalue weighted by atomic mass is 9.45. The van der Waals surface area contributed by atoms with E-state index in [1.807, 2.05) is 0 Å². The normalized spacial score (nSPS) is 35.7. The van der Waals surface area contributed by atoms with Crippen LogP contribution in [0.5, 0.6) is 11.5 Å². The molecule has 0 aliphatic heterocycles. The molecule has 0 aromatic heterocycles. The van der Waals surface area contributed by atoms with E-state index in [1.54, 1.807) is 38.1 Å². The molecular weight excluding hydrogens is 673 g/mol. The van der Waals surface area contributed by atoms with Crippen molar-refractivity contribution in [3.05, 3.63) is 71.3 Å². The van der Waals surface area contributed by atoms with Crippen LogP contribution in [0.2, 0.25) is 0 Å². The lowest BCUT2D eigenvalue weighted by molar-refractivity contribution is -0.0932. The molecule has 2 spiro atoms. The molecule has 6 aliphatic rings. The summed E-state index contributed by atoms with van der Waals surface area (Å²) in [7, 11) is 0. The van der Waals surface area contributed by atoms with Gasteiger partial charge in [0.25, 0.3) is 0 Å². The van der Waals surface area contributed by atoms with Crippen LogP contribution in [-0.4, -0.2) is 13.2 Å². The van der Waals surface area contributed by atoms with Gasteiger partial charge in [-0.25, -0.2) is 8.78 Å². The van der Waals surface area contributed by atoms with Gasteiger partial charge in [-0.05, 0) is 198 Å². The summed E-state index contributed by atoms with van der Waals surface area (Å²) in [5.41, 5.74) is 2.46. The average molecular weight is 741 g/mol. The van der Waals surface area contributed by atoms with Crippen LogP contribution in [-0.2, 0) is 0 Å². The Hall–Kier alpha value is -2.50. The third-order valence-corrected chi connectivity index (χ3v) is 15.0. The van der Waals surface area contributed by atoms with Gasteiger partial charge in [0.15, 0.2) is 23.1 Å². The van der Waals surface area contributed by atoms with Gasteiger partial charge in [0.05, 0.1) is 13.2 Å². The molecule has 0 saturated heterocycles. The molecule has 6 heteroatoms. The summed E-state index contributed by atoms with van der Waals surface area (Å²) in [6.45, 7) is 10.5. The molecule has 0 amide bonds. The first-order valence-electron chi connectivity index (χ1n) is 20.9. The van der Waals surface area contributed by atoms with Crippen molar-refractivity contribution in [2.24, 2.45) is 46.3 Å². The molecule has 2 aromatic carbocycles. The SMILES string of the molecule is C.C=CC1CC2(C1)CC(C1CCC(c3ccc(OCC)c(F)c3F)CC1)C2.CCOc1ccc(C2CCC(C3CC4(CC(CC)C4)C3)CC2)c(F)c1F.[HH]. The van der Waals surface area contributed by atoms with Gasteiger partial charge in [0.1, 0.15) is 0 Å². The number of benzene rings is 2. The second kappa shape index (κ2) is 16.7. The van der Waals surface area contributed by atoms with E-state index >= 15 is 0 Å². The number of hydrogen-bond donors (Lipinski definition) is 0. The summed E-state index contributed by atoms with van der Waals surface area (Å²) in [5.74, 6) is 2.45. The van der Waals surface area contributed by atoms with Gasteiger partial charge in [-0.1, -0.05) is 39.0 Å². The molecule has 6 saturated carbocycles. The van der Waals surface area contributed by atoms with Crippen molar-refractivity contribution >= 4 is 0 Å². The minimum absolute atomic E-state index is 0. The Morgan fingerprint density at radius 1 is 0.585 bits per heavy atom. The summed E-state index contributed by atoms with van der Waals surface area (Å²) in [4.78, 5) is 0. The van der Waals surface area contributed by atoms with Gasteiger partial charge in [-0.15, -0.1) is 6.58 Å². The van der Waals surface area contributed by atoms with Crippen molar-refractivity contribution in [2.45, 2.75) is 149 Å². The summed E-state index contributed by atoms with van der Waals surface area (Å²) >= 11 is 0. The van der Waals surface area contributed by atoms with Crippen LogP contribution in [0.4, 0.5) is 17.6 Å². The molecule has 0 heterocycles.